The third-order valence-electron chi connectivity index (χ3n) is 5.11. The summed E-state index contributed by atoms with van der Waals surface area (Å²) in [5.74, 6) is -0.485. The van der Waals surface area contributed by atoms with Crippen molar-refractivity contribution in [3.63, 3.8) is 0 Å². The van der Waals surface area contributed by atoms with Crippen LogP contribution in [0.5, 0.6) is 0 Å². The number of halogens is 3. The molecule has 1 aromatic heterocycles. The number of thioether (sulfide) groups is 1. The van der Waals surface area contributed by atoms with Gasteiger partial charge in [-0.15, -0.1) is 18.3 Å². The van der Waals surface area contributed by atoms with Gasteiger partial charge in [0.05, 0.1) is 12.1 Å². The number of anilines is 2. The van der Waals surface area contributed by atoms with Gasteiger partial charge in [0.1, 0.15) is 17.5 Å². The first-order chi connectivity index (χ1) is 16.6. The molecular weight excluding hydrogens is 471 g/mol. The van der Waals surface area contributed by atoms with Crippen LogP contribution in [0.15, 0.2) is 72.3 Å². The maximum Gasteiger partial charge on any atom is 0.230 e. The van der Waals surface area contributed by atoms with Crippen molar-refractivity contribution in [3.8, 4) is 0 Å². The molecule has 4 nitrogen and oxygen atoms in total. The Hall–Kier alpha value is -3.26. The summed E-state index contributed by atoms with van der Waals surface area (Å²) in [5.41, 5.74) is 1.38. The molecule has 0 unspecified atom stereocenters. The van der Waals surface area contributed by atoms with Gasteiger partial charge in [0.2, 0.25) is 5.91 Å². The van der Waals surface area contributed by atoms with Crippen molar-refractivity contribution in [2.45, 2.75) is 37.5 Å². The summed E-state index contributed by atoms with van der Waals surface area (Å²) in [6.45, 7) is 9.60. The lowest BCUT2D eigenvalue weighted by atomic mass is 9.84. The van der Waals surface area contributed by atoms with Crippen molar-refractivity contribution < 1.29 is 18.0 Å². The molecule has 186 valence electrons. The second kappa shape index (κ2) is 13.0. The van der Waals surface area contributed by atoms with E-state index in [1.165, 1.54) is 13.1 Å². The smallest absolute Gasteiger partial charge is 0.230 e. The van der Waals surface area contributed by atoms with E-state index >= 15 is 0 Å². The summed E-state index contributed by atoms with van der Waals surface area (Å²) < 4.78 is 39.2. The number of rotatable bonds is 8. The highest BCUT2D eigenvalue weighted by atomic mass is 32.2. The third kappa shape index (κ3) is 8.47. The number of carbonyl (C=O) groups excluding carboxylic acids is 1. The minimum absolute atomic E-state index is 0.151. The quantitative estimate of drug-likeness (QED) is 0.258. The summed E-state index contributed by atoms with van der Waals surface area (Å²) in [7, 11) is 1.54. The molecule has 1 amide bonds. The van der Waals surface area contributed by atoms with Gasteiger partial charge in [0.15, 0.2) is 0 Å². The number of carbonyl (C=O) groups is 1. The Morgan fingerprint density at radius 2 is 1.83 bits per heavy atom. The van der Waals surface area contributed by atoms with E-state index in [1.54, 1.807) is 36.2 Å². The first kappa shape index (κ1) is 28.0. The molecule has 1 heterocycles. The number of nitrogens with one attached hydrogen (secondary N) is 2. The SMILES string of the molecule is C=CC(C)(C)c1ccc(NC(=O)Cc2ccc(SCC)cn2)cc1F.CNc1cc(F)ccc1F. The molecule has 35 heavy (non-hydrogen) atoms. The Labute approximate surface area is 209 Å². The predicted molar refractivity (Wildman–Crippen MR) is 138 cm³/mol. The summed E-state index contributed by atoms with van der Waals surface area (Å²) in [6, 6.07) is 11.8. The van der Waals surface area contributed by atoms with Crippen molar-refractivity contribution in [2.75, 3.05) is 23.4 Å². The fourth-order valence-electron chi connectivity index (χ4n) is 3.05. The van der Waals surface area contributed by atoms with Crippen molar-refractivity contribution in [3.05, 3.63) is 96.1 Å². The lowest BCUT2D eigenvalue weighted by molar-refractivity contribution is -0.115. The van der Waals surface area contributed by atoms with Gasteiger partial charge in [0, 0.05) is 34.9 Å². The number of pyridine rings is 1. The van der Waals surface area contributed by atoms with Gasteiger partial charge < -0.3 is 10.6 Å². The Balaban J connectivity index is 0.000000360. The number of benzene rings is 2. The van der Waals surface area contributed by atoms with E-state index in [-0.39, 0.29) is 23.8 Å². The zero-order chi connectivity index (χ0) is 26.0. The summed E-state index contributed by atoms with van der Waals surface area (Å²) in [4.78, 5) is 17.5. The van der Waals surface area contributed by atoms with Gasteiger partial charge in [-0.1, -0.05) is 32.9 Å². The molecular formula is C27H30F3N3OS. The second-order valence-electron chi connectivity index (χ2n) is 8.14. The minimum atomic E-state index is -0.464. The zero-order valence-electron chi connectivity index (χ0n) is 20.3. The maximum absolute atomic E-state index is 14.3. The number of allylic oxidation sites excluding steroid dienone is 1. The zero-order valence-corrected chi connectivity index (χ0v) is 21.1. The van der Waals surface area contributed by atoms with Crippen molar-refractivity contribution in [2.24, 2.45) is 0 Å². The average molecular weight is 502 g/mol. The molecule has 0 bridgehead atoms. The fraction of sp³-hybridized carbons (Fsp3) is 0.259. The van der Waals surface area contributed by atoms with Crippen LogP contribution in [0.25, 0.3) is 0 Å². The molecule has 0 radical (unpaired) electrons. The number of hydrogen-bond acceptors (Lipinski definition) is 4. The summed E-state index contributed by atoms with van der Waals surface area (Å²) in [5, 5.41) is 5.24. The molecule has 0 aliphatic heterocycles. The van der Waals surface area contributed by atoms with E-state index in [4.69, 9.17) is 0 Å². The molecule has 0 fully saturated rings. The molecule has 0 aliphatic carbocycles. The molecule has 0 saturated heterocycles. The third-order valence-corrected chi connectivity index (χ3v) is 5.97. The Kier molecular flexibility index (Phi) is 10.4. The number of aromatic nitrogens is 1. The van der Waals surface area contributed by atoms with E-state index in [0.717, 1.165) is 28.8 Å². The second-order valence-corrected chi connectivity index (χ2v) is 9.48. The molecule has 3 aromatic rings. The number of hydrogen-bond donors (Lipinski definition) is 2. The summed E-state index contributed by atoms with van der Waals surface area (Å²) in [6.07, 6.45) is 3.62. The monoisotopic (exact) mass is 501 g/mol. The van der Waals surface area contributed by atoms with Crippen LogP contribution in [0.4, 0.5) is 24.5 Å². The lowest BCUT2D eigenvalue weighted by Crippen LogP contribution is -2.17. The van der Waals surface area contributed by atoms with Crippen molar-refractivity contribution in [1.82, 2.24) is 4.98 Å². The van der Waals surface area contributed by atoms with Crippen LogP contribution >= 0.6 is 11.8 Å². The highest BCUT2D eigenvalue weighted by molar-refractivity contribution is 7.99. The van der Waals surface area contributed by atoms with E-state index in [9.17, 15) is 18.0 Å². The standard InChI is InChI=1S/C20H23FN2OS.C7H7F2N/c1-5-20(3,4)17-10-8-15(11-18(17)21)23-19(24)12-14-7-9-16(13-22-14)25-6-2;1-10-7-4-5(8)2-3-6(7)9/h5,7-11,13H,1,6,12H2,2-4H3,(H,23,24);2-4,10H,1H3. The minimum Gasteiger partial charge on any atom is -0.386 e. The van der Waals surface area contributed by atoms with Crippen LogP contribution in [0.3, 0.4) is 0 Å². The Morgan fingerprint density at radius 3 is 2.37 bits per heavy atom. The normalized spacial score (nSPS) is 10.7. The van der Waals surface area contributed by atoms with Crippen LogP contribution < -0.4 is 10.6 Å². The Bertz CT molecular complexity index is 1150. The largest absolute Gasteiger partial charge is 0.386 e. The van der Waals surface area contributed by atoms with Crippen LogP contribution in [-0.2, 0) is 16.6 Å². The molecule has 0 aliphatic rings. The molecule has 3 rings (SSSR count). The van der Waals surface area contributed by atoms with E-state index in [2.05, 4.69) is 29.1 Å². The van der Waals surface area contributed by atoms with E-state index in [0.29, 0.717) is 16.9 Å². The van der Waals surface area contributed by atoms with Crippen LogP contribution in [0.1, 0.15) is 32.0 Å². The number of nitrogens with zero attached hydrogens (tertiary/aromatic N) is 1. The predicted octanol–water partition coefficient (Wildman–Crippen LogP) is 6.98. The molecule has 0 saturated carbocycles. The van der Waals surface area contributed by atoms with Crippen LogP contribution in [-0.4, -0.2) is 23.7 Å². The average Bonchev–Trinajstić information content (AvgIpc) is 2.82. The van der Waals surface area contributed by atoms with Crippen molar-refractivity contribution in [1.29, 1.82) is 0 Å². The molecule has 0 atom stereocenters. The molecule has 2 aromatic carbocycles. The van der Waals surface area contributed by atoms with Gasteiger partial charge in [-0.25, -0.2) is 13.2 Å². The van der Waals surface area contributed by atoms with E-state index in [1.807, 2.05) is 26.0 Å². The fourth-order valence-corrected chi connectivity index (χ4v) is 3.68. The molecule has 2 N–H and O–H groups in total. The van der Waals surface area contributed by atoms with Gasteiger partial charge in [-0.2, -0.15) is 0 Å². The highest BCUT2D eigenvalue weighted by Crippen LogP contribution is 2.28. The van der Waals surface area contributed by atoms with Crippen LogP contribution in [0.2, 0.25) is 0 Å². The first-order valence-electron chi connectivity index (χ1n) is 11.0. The summed E-state index contributed by atoms with van der Waals surface area (Å²) >= 11 is 1.70. The highest BCUT2D eigenvalue weighted by Gasteiger charge is 2.20. The number of amides is 1. The van der Waals surface area contributed by atoms with Gasteiger partial charge >= 0.3 is 0 Å². The van der Waals surface area contributed by atoms with Crippen LogP contribution in [0, 0.1) is 17.5 Å². The van der Waals surface area contributed by atoms with Crippen molar-refractivity contribution >= 4 is 29.0 Å². The topological polar surface area (TPSA) is 54.0 Å². The van der Waals surface area contributed by atoms with Gasteiger partial charge in [-0.05, 0) is 53.8 Å². The maximum atomic E-state index is 14.3. The van der Waals surface area contributed by atoms with Gasteiger partial charge in [0.25, 0.3) is 0 Å². The van der Waals surface area contributed by atoms with Gasteiger partial charge in [-0.3, -0.25) is 9.78 Å². The molecule has 0 spiro atoms. The Morgan fingerprint density at radius 1 is 1.09 bits per heavy atom. The van der Waals surface area contributed by atoms with E-state index < -0.39 is 17.0 Å². The molecule has 8 heteroatoms. The lowest BCUT2D eigenvalue weighted by Gasteiger charge is -2.21. The first-order valence-corrected chi connectivity index (χ1v) is 12.0.